The van der Waals surface area contributed by atoms with Crippen molar-refractivity contribution in [3.05, 3.63) is 30.3 Å². The zero-order valence-corrected chi connectivity index (χ0v) is 24.1. The lowest BCUT2D eigenvalue weighted by Crippen LogP contribution is -2.18. The fourth-order valence-electron chi connectivity index (χ4n) is 2.79. The van der Waals surface area contributed by atoms with Crippen LogP contribution in [-0.4, -0.2) is 87.6 Å². The molecule has 1 heterocycles. The molecule has 0 saturated heterocycles. The van der Waals surface area contributed by atoms with E-state index in [1.807, 2.05) is 48.5 Å². The Labute approximate surface area is 218 Å². The third-order valence-corrected chi connectivity index (χ3v) is 5.17. The highest BCUT2D eigenvalue weighted by Gasteiger charge is 2.19. The maximum Gasteiger partial charge on any atom is 0.236 e. The van der Waals surface area contributed by atoms with Crippen LogP contribution in [0.5, 0.6) is 11.8 Å². The molecule has 0 atom stereocenters. The predicted octanol–water partition coefficient (Wildman–Crippen LogP) is 4.78. The first-order chi connectivity index (χ1) is 14.4. The van der Waals surface area contributed by atoms with Gasteiger partial charge in [-0.3, -0.25) is 0 Å². The van der Waals surface area contributed by atoms with E-state index >= 15 is 0 Å². The van der Waals surface area contributed by atoms with Gasteiger partial charge in [-0.25, -0.2) is 0 Å². The molecule has 2 rings (SSSR count). The minimum atomic E-state index is 0. The second kappa shape index (κ2) is 16.5. The van der Waals surface area contributed by atoms with E-state index in [2.05, 4.69) is 38.0 Å². The lowest BCUT2D eigenvalue weighted by molar-refractivity contribution is 0.248. The topological polar surface area (TPSA) is 54.0 Å². The number of rotatable bonds is 13. The minimum Gasteiger partial charge on any atom is -0.477 e. The van der Waals surface area contributed by atoms with Gasteiger partial charge in [-0.15, -0.1) is 45.7 Å². The van der Waals surface area contributed by atoms with Gasteiger partial charge in [0.05, 0.1) is 13.2 Å². The highest BCUT2D eigenvalue weighted by atomic mass is 79.9. The van der Waals surface area contributed by atoms with Gasteiger partial charge in [-0.2, -0.15) is 9.97 Å². The monoisotopic (exact) mass is 593 g/mol. The summed E-state index contributed by atoms with van der Waals surface area (Å²) >= 11 is 1.55. The molecule has 0 spiro atoms. The van der Waals surface area contributed by atoms with Gasteiger partial charge in [0.25, 0.3) is 0 Å². The van der Waals surface area contributed by atoms with Crippen molar-refractivity contribution in [1.82, 2.24) is 19.8 Å². The van der Waals surface area contributed by atoms with Gasteiger partial charge in [0.15, 0.2) is 0 Å². The first-order valence-electron chi connectivity index (χ1n) is 10.2. The number of nitrogens with zero attached hydrogens (tertiary/aromatic N) is 5. The van der Waals surface area contributed by atoms with E-state index in [-0.39, 0.29) is 34.0 Å². The Morgan fingerprint density at radius 2 is 1.25 bits per heavy atom. The Kier molecular flexibility index (Phi) is 16.0. The third-order valence-electron chi connectivity index (χ3n) is 4.42. The van der Waals surface area contributed by atoms with Crippen molar-refractivity contribution in [2.45, 2.75) is 17.7 Å². The lowest BCUT2D eigenvalue weighted by Gasteiger charge is -2.21. The van der Waals surface area contributed by atoms with Gasteiger partial charge >= 0.3 is 0 Å². The second-order valence-corrected chi connectivity index (χ2v) is 8.39. The molecule has 0 fully saturated rings. The average Bonchev–Trinajstić information content (AvgIpc) is 2.73. The summed E-state index contributed by atoms with van der Waals surface area (Å²) in [6.45, 7) is 3.11. The number of ether oxygens (including phenoxy) is 2. The molecule has 1 aromatic heterocycles. The fourth-order valence-corrected chi connectivity index (χ4v) is 3.34. The molecule has 32 heavy (non-hydrogen) atoms. The zero-order chi connectivity index (χ0) is 21.9. The minimum absolute atomic E-state index is 0. The molecule has 0 unspecified atom stereocenters. The number of hydrogen-bond donors (Lipinski definition) is 0. The average molecular weight is 595 g/mol. The Balaban J connectivity index is 0.00000480. The summed E-state index contributed by atoms with van der Waals surface area (Å²) in [5.74, 6) is 1.72. The van der Waals surface area contributed by atoms with Crippen molar-refractivity contribution < 1.29 is 9.47 Å². The van der Waals surface area contributed by atoms with Crippen LogP contribution in [-0.2, 0) is 0 Å². The van der Waals surface area contributed by atoms with Crippen LogP contribution in [0.15, 0.2) is 35.2 Å². The van der Waals surface area contributed by atoms with E-state index in [1.54, 1.807) is 11.8 Å². The summed E-state index contributed by atoms with van der Waals surface area (Å²) in [4.78, 5) is 16.5. The molecule has 0 N–H and O–H groups in total. The maximum atomic E-state index is 6.08. The van der Waals surface area contributed by atoms with Crippen LogP contribution in [0.25, 0.3) is 0 Å². The van der Waals surface area contributed by atoms with Crippen molar-refractivity contribution in [1.29, 1.82) is 0 Å². The molecule has 7 nitrogen and oxygen atoms in total. The highest BCUT2D eigenvalue weighted by molar-refractivity contribution is 8.93. The Morgan fingerprint density at radius 3 is 1.66 bits per heavy atom. The molecule has 10 heteroatoms. The molecule has 1 aromatic carbocycles. The van der Waals surface area contributed by atoms with Crippen LogP contribution in [0.1, 0.15) is 12.8 Å². The number of thioether (sulfide) groups is 1. The molecule has 0 bridgehead atoms. The smallest absolute Gasteiger partial charge is 0.236 e. The summed E-state index contributed by atoms with van der Waals surface area (Å²) in [6.07, 6.45) is 3.85. The molecule has 182 valence electrons. The first-order valence-corrected chi connectivity index (χ1v) is 11.4. The van der Waals surface area contributed by atoms with E-state index in [4.69, 9.17) is 19.4 Å². The van der Waals surface area contributed by atoms with Gasteiger partial charge in [0.2, 0.25) is 17.7 Å². The molecule has 0 saturated carbocycles. The van der Waals surface area contributed by atoms with Crippen LogP contribution >= 0.6 is 45.7 Å². The number of benzene rings is 1. The van der Waals surface area contributed by atoms with E-state index in [0.717, 1.165) is 36.5 Å². The second-order valence-electron chi connectivity index (χ2n) is 7.57. The summed E-state index contributed by atoms with van der Waals surface area (Å²) in [5, 5.41) is 0. The van der Waals surface area contributed by atoms with E-state index in [9.17, 15) is 0 Å². The standard InChI is InChI=1S/C22H35N5O2S.2BrH/c1-25(2)14-10-16-28-20-19(30-6)21(29-17-11-15-26(3)4)24-22(23-20)27(5)18-12-8-7-9-13-18;;/h7-9,12-13H,10-11,14-17H2,1-6H3;2*1H. The number of anilines is 2. The van der Waals surface area contributed by atoms with Crippen LogP contribution in [0.2, 0.25) is 0 Å². The zero-order valence-electron chi connectivity index (χ0n) is 19.9. The molecular formula is C22H37Br2N5O2S. The Hall–Kier alpha value is -1.07. The molecule has 0 radical (unpaired) electrons. The Morgan fingerprint density at radius 1 is 0.781 bits per heavy atom. The van der Waals surface area contributed by atoms with E-state index in [1.165, 1.54) is 0 Å². The molecule has 0 aliphatic carbocycles. The number of para-hydroxylation sites is 1. The van der Waals surface area contributed by atoms with Crippen LogP contribution < -0.4 is 14.4 Å². The third kappa shape index (κ3) is 10.2. The van der Waals surface area contributed by atoms with Crippen molar-refractivity contribution >= 4 is 57.4 Å². The molecule has 0 aliphatic rings. The SMILES string of the molecule is Br.Br.CSc1c(OCCCN(C)C)nc(N(C)c2ccccc2)nc1OCCCN(C)C. The van der Waals surface area contributed by atoms with Crippen molar-refractivity contribution in [2.75, 3.05) is 72.7 Å². The van der Waals surface area contributed by atoms with Gasteiger partial charge in [0.1, 0.15) is 4.90 Å². The largest absolute Gasteiger partial charge is 0.477 e. The number of halogens is 2. The first kappa shape index (κ1) is 30.9. The van der Waals surface area contributed by atoms with Crippen molar-refractivity contribution in [3.63, 3.8) is 0 Å². The van der Waals surface area contributed by atoms with E-state index in [0.29, 0.717) is 30.9 Å². The summed E-state index contributed by atoms with van der Waals surface area (Å²) < 4.78 is 12.2. The summed E-state index contributed by atoms with van der Waals surface area (Å²) in [7, 11) is 10.2. The predicted molar refractivity (Wildman–Crippen MR) is 146 cm³/mol. The fraction of sp³-hybridized carbons (Fsp3) is 0.545. The van der Waals surface area contributed by atoms with Crippen LogP contribution in [0.4, 0.5) is 11.6 Å². The van der Waals surface area contributed by atoms with Gasteiger partial charge in [-0.05, 0) is 59.4 Å². The molecule has 0 amide bonds. The lowest BCUT2D eigenvalue weighted by atomic mass is 10.3. The van der Waals surface area contributed by atoms with E-state index < -0.39 is 0 Å². The maximum absolute atomic E-state index is 6.08. The van der Waals surface area contributed by atoms with Gasteiger partial charge in [-0.1, -0.05) is 18.2 Å². The highest BCUT2D eigenvalue weighted by Crippen LogP contribution is 2.36. The van der Waals surface area contributed by atoms with Crippen molar-refractivity contribution in [2.24, 2.45) is 0 Å². The van der Waals surface area contributed by atoms with Gasteiger partial charge < -0.3 is 24.2 Å². The number of hydrogen-bond acceptors (Lipinski definition) is 8. The summed E-state index contributed by atoms with van der Waals surface area (Å²) in [6, 6.07) is 10.1. The normalized spacial score (nSPS) is 10.5. The van der Waals surface area contributed by atoms with Gasteiger partial charge in [0, 0.05) is 25.8 Å². The molecular weight excluding hydrogens is 558 g/mol. The molecule has 0 aliphatic heterocycles. The van der Waals surface area contributed by atoms with Crippen molar-refractivity contribution in [3.8, 4) is 11.8 Å². The van der Waals surface area contributed by atoms with Crippen LogP contribution in [0, 0.1) is 0 Å². The van der Waals surface area contributed by atoms with Crippen LogP contribution in [0.3, 0.4) is 0 Å². The quantitative estimate of drug-likeness (QED) is 0.242. The molecule has 2 aromatic rings. The Bertz CT molecular complexity index is 732. The summed E-state index contributed by atoms with van der Waals surface area (Å²) in [5.41, 5.74) is 1.01. The number of aromatic nitrogens is 2.